The Labute approximate surface area is 145 Å². The van der Waals surface area contributed by atoms with Gasteiger partial charge in [0, 0.05) is 45.5 Å². The Bertz CT molecular complexity index is 588. The quantitative estimate of drug-likeness (QED) is 0.910. The summed E-state index contributed by atoms with van der Waals surface area (Å²) in [6.07, 6.45) is 0.872. The van der Waals surface area contributed by atoms with Crippen molar-refractivity contribution in [2.45, 2.75) is 20.3 Å². The Kier molecular flexibility index (Phi) is 5.11. The van der Waals surface area contributed by atoms with Crippen molar-refractivity contribution in [3.8, 4) is 0 Å². The first-order valence-electron chi connectivity index (χ1n) is 8.87. The molecule has 5 nitrogen and oxygen atoms in total. The van der Waals surface area contributed by atoms with E-state index in [4.69, 9.17) is 4.74 Å². The summed E-state index contributed by atoms with van der Waals surface area (Å²) in [7, 11) is 1.69. The average molecular weight is 331 g/mol. The minimum atomic E-state index is -0.365. The number of hydrogen-bond acceptors (Lipinski definition) is 4. The molecule has 0 bridgehead atoms. The molecule has 2 fully saturated rings. The molecule has 1 atom stereocenters. The highest BCUT2D eigenvalue weighted by Gasteiger charge is 2.44. The van der Waals surface area contributed by atoms with Crippen LogP contribution in [0.3, 0.4) is 0 Å². The number of nitrogens with one attached hydrogen (secondary N) is 1. The van der Waals surface area contributed by atoms with Gasteiger partial charge in [0.2, 0.25) is 5.91 Å². The van der Waals surface area contributed by atoms with Crippen LogP contribution in [-0.2, 0) is 9.53 Å². The molecule has 2 saturated heterocycles. The van der Waals surface area contributed by atoms with Crippen molar-refractivity contribution in [3.63, 3.8) is 0 Å². The summed E-state index contributed by atoms with van der Waals surface area (Å²) in [5.41, 5.74) is 3.60. The van der Waals surface area contributed by atoms with Crippen molar-refractivity contribution in [1.82, 2.24) is 10.2 Å². The number of piperazine rings is 1. The summed E-state index contributed by atoms with van der Waals surface area (Å²) >= 11 is 0. The van der Waals surface area contributed by atoms with E-state index < -0.39 is 0 Å². The first kappa shape index (κ1) is 17.2. The van der Waals surface area contributed by atoms with E-state index in [-0.39, 0.29) is 11.3 Å². The Hall–Kier alpha value is -1.59. The summed E-state index contributed by atoms with van der Waals surface area (Å²) in [5, 5.41) is 3.33. The number of nitrogens with zero attached hydrogens (tertiary/aromatic N) is 2. The summed E-state index contributed by atoms with van der Waals surface area (Å²) in [6, 6.07) is 6.46. The number of aryl methyl sites for hydroxylation is 1. The van der Waals surface area contributed by atoms with Crippen LogP contribution < -0.4 is 10.2 Å². The van der Waals surface area contributed by atoms with Gasteiger partial charge < -0.3 is 19.9 Å². The number of methoxy groups -OCH3 is 1. The van der Waals surface area contributed by atoms with E-state index in [9.17, 15) is 4.79 Å². The maximum absolute atomic E-state index is 13.1. The second kappa shape index (κ2) is 7.11. The van der Waals surface area contributed by atoms with Gasteiger partial charge in [-0.25, -0.2) is 0 Å². The molecule has 1 N–H and O–H groups in total. The number of benzene rings is 1. The van der Waals surface area contributed by atoms with E-state index in [1.807, 2.05) is 4.90 Å². The number of hydrogen-bond donors (Lipinski definition) is 1. The van der Waals surface area contributed by atoms with E-state index in [2.05, 4.69) is 42.3 Å². The van der Waals surface area contributed by atoms with E-state index in [0.29, 0.717) is 6.61 Å². The molecule has 1 aromatic rings. The van der Waals surface area contributed by atoms with Crippen molar-refractivity contribution in [1.29, 1.82) is 0 Å². The van der Waals surface area contributed by atoms with Gasteiger partial charge in [-0.15, -0.1) is 0 Å². The minimum Gasteiger partial charge on any atom is -0.384 e. The molecule has 0 aromatic heterocycles. The molecule has 132 valence electrons. The zero-order valence-electron chi connectivity index (χ0n) is 15.1. The molecule has 3 rings (SSSR count). The number of ether oxygens (including phenoxy) is 1. The topological polar surface area (TPSA) is 44.8 Å². The van der Waals surface area contributed by atoms with Gasteiger partial charge in [-0.3, -0.25) is 4.79 Å². The van der Waals surface area contributed by atoms with Crippen LogP contribution >= 0.6 is 0 Å². The fourth-order valence-corrected chi connectivity index (χ4v) is 3.95. The van der Waals surface area contributed by atoms with Gasteiger partial charge in [0.05, 0.1) is 12.0 Å². The van der Waals surface area contributed by atoms with Crippen LogP contribution in [0.5, 0.6) is 0 Å². The van der Waals surface area contributed by atoms with E-state index in [1.165, 1.54) is 16.8 Å². The van der Waals surface area contributed by atoms with Crippen molar-refractivity contribution >= 4 is 11.6 Å². The number of rotatable bonds is 4. The van der Waals surface area contributed by atoms with Crippen molar-refractivity contribution in [2.24, 2.45) is 5.41 Å². The molecule has 1 unspecified atom stereocenters. The largest absolute Gasteiger partial charge is 0.384 e. The zero-order valence-corrected chi connectivity index (χ0v) is 15.1. The minimum absolute atomic E-state index is 0.259. The molecule has 2 aliphatic heterocycles. The van der Waals surface area contributed by atoms with Crippen LogP contribution in [0.1, 0.15) is 17.5 Å². The molecule has 0 aliphatic carbocycles. The summed E-state index contributed by atoms with van der Waals surface area (Å²) in [4.78, 5) is 17.5. The van der Waals surface area contributed by atoms with Crippen LogP contribution in [0.4, 0.5) is 5.69 Å². The molecule has 24 heavy (non-hydrogen) atoms. The second-order valence-corrected chi connectivity index (χ2v) is 7.14. The van der Waals surface area contributed by atoms with E-state index >= 15 is 0 Å². The summed E-state index contributed by atoms with van der Waals surface area (Å²) < 4.78 is 5.36. The lowest BCUT2D eigenvalue weighted by Gasteiger charge is -2.40. The Balaban J connectivity index is 1.66. The number of carbonyl (C=O) groups excluding carboxylic acids is 1. The van der Waals surface area contributed by atoms with Crippen LogP contribution in [0.2, 0.25) is 0 Å². The highest BCUT2D eigenvalue weighted by atomic mass is 16.5. The molecule has 1 amide bonds. The van der Waals surface area contributed by atoms with Gasteiger partial charge in [0.15, 0.2) is 0 Å². The van der Waals surface area contributed by atoms with Gasteiger partial charge in [-0.1, -0.05) is 12.1 Å². The number of amides is 1. The fourth-order valence-electron chi connectivity index (χ4n) is 3.95. The molecule has 0 saturated carbocycles. The smallest absolute Gasteiger partial charge is 0.232 e. The Morgan fingerprint density at radius 2 is 2.00 bits per heavy atom. The molecule has 1 aromatic carbocycles. The summed E-state index contributed by atoms with van der Waals surface area (Å²) in [5.74, 6) is 0.259. The van der Waals surface area contributed by atoms with Crippen molar-refractivity contribution in [3.05, 3.63) is 29.3 Å². The first-order valence-corrected chi connectivity index (χ1v) is 8.87. The van der Waals surface area contributed by atoms with Gasteiger partial charge >= 0.3 is 0 Å². The summed E-state index contributed by atoms with van der Waals surface area (Å²) in [6.45, 7) is 9.85. The van der Waals surface area contributed by atoms with Crippen LogP contribution in [0, 0.1) is 19.3 Å². The maximum Gasteiger partial charge on any atom is 0.232 e. The predicted molar refractivity (Wildman–Crippen MR) is 96.5 cm³/mol. The molecule has 2 heterocycles. The third-order valence-corrected chi connectivity index (χ3v) is 5.60. The van der Waals surface area contributed by atoms with Crippen molar-refractivity contribution in [2.75, 3.05) is 57.9 Å². The molecular formula is C19H29N3O2. The highest BCUT2D eigenvalue weighted by Crippen LogP contribution is 2.30. The molecule has 0 spiro atoms. The lowest BCUT2D eigenvalue weighted by molar-refractivity contribution is -0.144. The highest BCUT2D eigenvalue weighted by molar-refractivity contribution is 5.84. The van der Waals surface area contributed by atoms with Crippen LogP contribution in [-0.4, -0.2) is 63.8 Å². The first-order chi connectivity index (χ1) is 11.6. The van der Waals surface area contributed by atoms with Crippen molar-refractivity contribution < 1.29 is 9.53 Å². The lowest BCUT2D eigenvalue weighted by atomic mass is 9.86. The van der Waals surface area contributed by atoms with Gasteiger partial charge in [0.25, 0.3) is 0 Å². The van der Waals surface area contributed by atoms with Gasteiger partial charge in [-0.05, 0) is 44.0 Å². The molecule has 5 heteroatoms. The molecule has 0 radical (unpaired) electrons. The predicted octanol–water partition coefficient (Wildman–Crippen LogP) is 1.58. The third-order valence-electron chi connectivity index (χ3n) is 5.60. The van der Waals surface area contributed by atoms with Crippen LogP contribution in [0.15, 0.2) is 18.2 Å². The normalized spacial score (nSPS) is 24.5. The third kappa shape index (κ3) is 3.15. The van der Waals surface area contributed by atoms with Gasteiger partial charge in [0.1, 0.15) is 0 Å². The molecular weight excluding hydrogens is 302 g/mol. The monoisotopic (exact) mass is 331 g/mol. The fraction of sp³-hybridized carbons (Fsp3) is 0.632. The molecule has 2 aliphatic rings. The standard InChI is InChI=1S/C19H29N3O2/c1-15-5-4-6-17(16(15)2)21-9-11-22(12-10-21)18(23)19(14-24-3)7-8-20-13-19/h4-6,20H,7-14H2,1-3H3. The van der Waals surface area contributed by atoms with Gasteiger partial charge in [-0.2, -0.15) is 0 Å². The Morgan fingerprint density at radius 3 is 2.62 bits per heavy atom. The van der Waals surface area contributed by atoms with Crippen LogP contribution in [0.25, 0.3) is 0 Å². The maximum atomic E-state index is 13.1. The van der Waals surface area contributed by atoms with E-state index in [0.717, 1.165) is 45.7 Å². The second-order valence-electron chi connectivity index (χ2n) is 7.14. The number of carbonyl (C=O) groups is 1. The lowest BCUT2D eigenvalue weighted by Crippen LogP contribution is -2.55. The Morgan fingerprint density at radius 1 is 1.25 bits per heavy atom. The zero-order chi connectivity index (χ0) is 17.2. The average Bonchev–Trinajstić information content (AvgIpc) is 3.07. The number of anilines is 1. The van der Waals surface area contributed by atoms with E-state index in [1.54, 1.807) is 7.11 Å². The SMILES string of the molecule is COCC1(C(=O)N2CCN(c3cccc(C)c3C)CC2)CCNC1.